The third kappa shape index (κ3) is 9.19. The van der Waals surface area contributed by atoms with Gasteiger partial charge in [-0.3, -0.25) is 9.59 Å². The fraction of sp³-hybridized carbons (Fsp3) is 0.400. The minimum atomic E-state index is -0.599. The van der Waals surface area contributed by atoms with Crippen LogP contribution in [0.3, 0.4) is 0 Å². The highest BCUT2D eigenvalue weighted by Crippen LogP contribution is 2.39. The fourth-order valence-corrected chi connectivity index (χ4v) is 4.89. The summed E-state index contributed by atoms with van der Waals surface area (Å²) in [4.78, 5) is 23.8. The Morgan fingerprint density at radius 3 is 2.66 bits per heavy atom. The number of hydrogen-bond donors (Lipinski definition) is 1. The first kappa shape index (κ1) is 29.7. The lowest BCUT2D eigenvalue weighted by molar-refractivity contribution is -0.140. The van der Waals surface area contributed by atoms with E-state index < -0.39 is 11.9 Å². The van der Waals surface area contributed by atoms with Crippen LogP contribution in [0.25, 0.3) is 0 Å². The molecule has 2 aromatic carbocycles. The van der Waals surface area contributed by atoms with E-state index in [1.807, 2.05) is 36.4 Å². The van der Waals surface area contributed by atoms with Gasteiger partial charge in [0, 0.05) is 23.2 Å². The molecule has 0 spiro atoms. The van der Waals surface area contributed by atoms with Crippen molar-refractivity contribution in [2.45, 2.75) is 50.9 Å². The lowest BCUT2D eigenvalue weighted by Crippen LogP contribution is -2.22. The van der Waals surface area contributed by atoms with Crippen LogP contribution in [0.1, 0.15) is 37.7 Å². The number of allylic oxidation sites excluding steroid dienone is 2. The quantitative estimate of drug-likeness (QED) is 0.127. The topological polar surface area (TPSA) is 82.1 Å². The van der Waals surface area contributed by atoms with Gasteiger partial charge in [-0.15, -0.1) is 0 Å². The van der Waals surface area contributed by atoms with Gasteiger partial charge in [0.2, 0.25) is 0 Å². The summed E-state index contributed by atoms with van der Waals surface area (Å²) in [5.41, 5.74) is 0.994. The number of ketones is 1. The van der Waals surface area contributed by atoms with E-state index in [9.17, 15) is 19.1 Å². The van der Waals surface area contributed by atoms with Crippen LogP contribution in [0.4, 0.5) is 4.39 Å². The van der Waals surface area contributed by atoms with Crippen LogP contribution in [-0.4, -0.2) is 42.8 Å². The van der Waals surface area contributed by atoms with Crippen LogP contribution in [-0.2, 0) is 25.7 Å². The Morgan fingerprint density at radius 1 is 1.13 bits per heavy atom. The van der Waals surface area contributed by atoms with Crippen molar-refractivity contribution in [2.75, 3.05) is 13.7 Å². The lowest BCUT2D eigenvalue weighted by Gasteiger charge is -2.22. The maximum Gasteiger partial charge on any atom is 0.305 e. The maximum atomic E-state index is 13.8. The van der Waals surface area contributed by atoms with Crippen LogP contribution in [0, 0.1) is 17.7 Å². The number of hydrogen-bond acceptors (Lipinski definition) is 6. The zero-order valence-corrected chi connectivity index (χ0v) is 23.0. The molecule has 4 unspecified atom stereocenters. The summed E-state index contributed by atoms with van der Waals surface area (Å²) in [5, 5.41) is 10.9. The van der Waals surface area contributed by atoms with Gasteiger partial charge in [-0.05, 0) is 55.0 Å². The average molecular weight is 589 g/mol. The Balaban J connectivity index is 1.64. The van der Waals surface area contributed by atoms with Crippen molar-refractivity contribution < 1.29 is 33.3 Å². The first-order valence-corrected chi connectivity index (χ1v) is 13.5. The van der Waals surface area contributed by atoms with Gasteiger partial charge in [-0.1, -0.05) is 64.5 Å². The molecule has 3 rings (SSSR count). The Bertz CT molecular complexity index is 1120. The Morgan fingerprint density at radius 2 is 1.89 bits per heavy atom. The van der Waals surface area contributed by atoms with Gasteiger partial charge in [-0.25, -0.2) is 4.39 Å². The van der Waals surface area contributed by atoms with Crippen molar-refractivity contribution in [2.24, 2.45) is 11.8 Å². The number of carbonyl (C=O) groups is 2. The van der Waals surface area contributed by atoms with Crippen LogP contribution in [0.2, 0.25) is 0 Å². The molecule has 0 radical (unpaired) electrons. The summed E-state index contributed by atoms with van der Waals surface area (Å²) >= 11 is 3.54. The van der Waals surface area contributed by atoms with Crippen molar-refractivity contribution in [3.63, 3.8) is 0 Å². The molecule has 1 aliphatic rings. The van der Waals surface area contributed by atoms with E-state index >= 15 is 0 Å². The second kappa shape index (κ2) is 15.6. The molecule has 2 aromatic rings. The molecule has 0 aromatic heterocycles. The third-order valence-electron chi connectivity index (χ3n) is 6.57. The molecular formula is C30H34BrFO6. The Labute approximate surface area is 231 Å². The molecule has 8 heteroatoms. The molecule has 38 heavy (non-hydrogen) atoms. The zero-order chi connectivity index (χ0) is 27.3. The second-order valence-electron chi connectivity index (χ2n) is 9.21. The zero-order valence-electron chi connectivity index (χ0n) is 21.4. The normalized spacial score (nSPS) is 21.3. The number of benzene rings is 2. The molecule has 1 aliphatic carbocycles. The van der Waals surface area contributed by atoms with Crippen molar-refractivity contribution >= 4 is 27.7 Å². The first-order chi connectivity index (χ1) is 18.4. The van der Waals surface area contributed by atoms with Crippen molar-refractivity contribution in [3.8, 4) is 5.75 Å². The number of unbranched alkanes of at least 4 members (excludes halogenated alkanes) is 1. The summed E-state index contributed by atoms with van der Waals surface area (Å²) in [7, 11) is 1.37. The number of methoxy groups -OCH3 is 1. The summed E-state index contributed by atoms with van der Waals surface area (Å²) in [6, 6.07) is 13.7. The molecule has 0 amide bonds. The molecule has 0 bridgehead atoms. The molecule has 4 atom stereocenters. The highest BCUT2D eigenvalue weighted by atomic mass is 79.9. The van der Waals surface area contributed by atoms with Gasteiger partial charge in [-0.2, -0.15) is 0 Å². The molecule has 204 valence electrons. The van der Waals surface area contributed by atoms with E-state index in [1.54, 1.807) is 18.2 Å². The molecular weight excluding hydrogens is 555 g/mol. The van der Waals surface area contributed by atoms with E-state index in [1.165, 1.54) is 25.3 Å². The number of ether oxygens (including phenoxy) is 3. The summed E-state index contributed by atoms with van der Waals surface area (Å²) in [6.45, 7) is 0.0730. The Hall–Kier alpha value is -2.81. The van der Waals surface area contributed by atoms with Gasteiger partial charge < -0.3 is 19.3 Å². The number of aliphatic hydroxyl groups is 1. The summed E-state index contributed by atoms with van der Waals surface area (Å²) in [5.74, 6) is -1.39. The molecule has 1 N–H and O–H groups in total. The molecule has 1 saturated carbocycles. The maximum absolute atomic E-state index is 13.8. The largest absolute Gasteiger partial charge is 0.482 e. The SMILES string of the molecule is COC(=O)CCC/C=C/CC1C(O)CC(OCc2ccccc2Br)C1/C=C/C(=O)COc1ccccc1F. The Kier molecular flexibility index (Phi) is 12.2. The second-order valence-corrected chi connectivity index (χ2v) is 10.1. The fourth-order valence-electron chi connectivity index (χ4n) is 4.49. The highest BCUT2D eigenvalue weighted by molar-refractivity contribution is 9.10. The molecule has 6 nitrogen and oxygen atoms in total. The van der Waals surface area contributed by atoms with Crippen molar-refractivity contribution in [1.82, 2.24) is 0 Å². The average Bonchev–Trinajstić information content (AvgIpc) is 3.21. The molecule has 0 saturated heterocycles. The predicted octanol–water partition coefficient (Wildman–Crippen LogP) is 5.96. The monoisotopic (exact) mass is 588 g/mol. The third-order valence-corrected chi connectivity index (χ3v) is 7.34. The molecule has 1 fully saturated rings. The van der Waals surface area contributed by atoms with Gasteiger partial charge in [0.05, 0.1) is 25.9 Å². The van der Waals surface area contributed by atoms with Gasteiger partial charge in [0.1, 0.15) is 0 Å². The highest BCUT2D eigenvalue weighted by Gasteiger charge is 2.41. The minimum Gasteiger partial charge on any atom is -0.482 e. The predicted molar refractivity (Wildman–Crippen MR) is 146 cm³/mol. The number of rotatable bonds is 14. The number of carbonyl (C=O) groups excluding carboxylic acids is 2. The van der Waals surface area contributed by atoms with Gasteiger partial charge in [0.15, 0.2) is 24.0 Å². The standard InChI is InChI=1S/C30H34BrFO6/c1-36-30(35)15-5-3-2-4-11-23-24(17-16-22(33)20-38-28-14-9-8-13-26(28)32)29(18-27(23)34)37-19-21-10-6-7-12-25(21)31/h2,4,6-10,12-14,16-17,23-24,27,29,34H,3,5,11,15,18-20H2,1H3/b4-2+,17-16+. The number of halogens is 2. The number of para-hydroxylation sites is 1. The van der Waals surface area contributed by atoms with Crippen molar-refractivity contribution in [1.29, 1.82) is 0 Å². The van der Waals surface area contributed by atoms with E-state index in [0.717, 1.165) is 16.5 Å². The van der Waals surface area contributed by atoms with E-state index in [0.29, 0.717) is 32.3 Å². The van der Waals surface area contributed by atoms with Crippen molar-refractivity contribution in [3.05, 3.63) is 88.7 Å². The first-order valence-electron chi connectivity index (χ1n) is 12.7. The van der Waals surface area contributed by atoms with Gasteiger partial charge >= 0.3 is 5.97 Å². The van der Waals surface area contributed by atoms with E-state index in [2.05, 4.69) is 20.7 Å². The molecule has 0 heterocycles. The van der Waals surface area contributed by atoms with Gasteiger partial charge in [0.25, 0.3) is 0 Å². The van der Waals surface area contributed by atoms with Crippen LogP contribution in [0.15, 0.2) is 77.3 Å². The van der Waals surface area contributed by atoms with E-state index in [-0.39, 0.29) is 42.0 Å². The minimum absolute atomic E-state index is 0.0235. The number of aliphatic hydroxyl groups excluding tert-OH is 1. The van der Waals surface area contributed by atoms with Crippen LogP contribution < -0.4 is 4.74 Å². The number of esters is 1. The smallest absolute Gasteiger partial charge is 0.305 e. The van der Waals surface area contributed by atoms with Crippen LogP contribution >= 0.6 is 15.9 Å². The summed E-state index contributed by atoms with van der Waals surface area (Å²) in [6.07, 6.45) is 9.16. The van der Waals surface area contributed by atoms with E-state index in [4.69, 9.17) is 9.47 Å². The van der Waals surface area contributed by atoms with Crippen LogP contribution in [0.5, 0.6) is 5.75 Å². The molecule has 0 aliphatic heterocycles. The summed E-state index contributed by atoms with van der Waals surface area (Å²) < 4.78 is 31.0. The lowest BCUT2D eigenvalue weighted by atomic mass is 9.89.